The second-order valence-electron chi connectivity index (χ2n) is 8.18. The first-order valence-corrected chi connectivity index (χ1v) is 10.5. The summed E-state index contributed by atoms with van der Waals surface area (Å²) in [5.41, 5.74) is -0.972. The molecule has 1 saturated heterocycles. The zero-order valence-electron chi connectivity index (χ0n) is 18.3. The van der Waals surface area contributed by atoms with Gasteiger partial charge in [-0.2, -0.15) is 13.2 Å². The Morgan fingerprint density at radius 1 is 1.00 bits per heavy atom. The number of benzene rings is 3. The van der Waals surface area contributed by atoms with Crippen LogP contribution in [0.15, 0.2) is 66.7 Å². The lowest BCUT2D eigenvalue weighted by atomic mass is 9.91. The van der Waals surface area contributed by atoms with Crippen LogP contribution in [-0.4, -0.2) is 17.8 Å². The lowest BCUT2D eigenvalue weighted by molar-refractivity contribution is -0.137. The first-order valence-electron chi connectivity index (χ1n) is 10.5. The van der Waals surface area contributed by atoms with Crippen LogP contribution in [0.2, 0.25) is 0 Å². The van der Waals surface area contributed by atoms with E-state index in [0.717, 1.165) is 24.3 Å². The summed E-state index contributed by atoms with van der Waals surface area (Å²) in [5.74, 6) is -1.93. The summed E-state index contributed by atoms with van der Waals surface area (Å²) in [6, 6.07) is 13.7. The van der Waals surface area contributed by atoms with Crippen molar-refractivity contribution in [1.29, 1.82) is 0 Å². The Labute approximate surface area is 197 Å². The zero-order chi connectivity index (χ0) is 25.4. The highest BCUT2D eigenvalue weighted by Crippen LogP contribution is 2.33. The minimum atomic E-state index is -4.57. The monoisotopic (exact) mass is 485 g/mol. The van der Waals surface area contributed by atoms with Gasteiger partial charge in [0.1, 0.15) is 11.4 Å². The van der Waals surface area contributed by atoms with Gasteiger partial charge in [0.2, 0.25) is 0 Å². The molecule has 1 heterocycles. The number of hydrogen-bond acceptors (Lipinski definition) is 3. The second kappa shape index (κ2) is 8.86. The molecular weight excluding hydrogens is 466 g/mol. The molecule has 0 saturated carbocycles. The molecular formula is C25H19F4N3O3. The average molecular weight is 485 g/mol. The normalized spacial score (nSPS) is 17.6. The summed E-state index contributed by atoms with van der Waals surface area (Å²) in [5, 5.41) is 7.36. The second-order valence-corrected chi connectivity index (χ2v) is 8.18. The van der Waals surface area contributed by atoms with E-state index >= 15 is 0 Å². The maximum absolute atomic E-state index is 14.0. The topological polar surface area (TPSA) is 87.3 Å². The van der Waals surface area contributed by atoms with Gasteiger partial charge in [0.15, 0.2) is 0 Å². The van der Waals surface area contributed by atoms with E-state index in [9.17, 15) is 31.9 Å². The van der Waals surface area contributed by atoms with Crippen molar-refractivity contribution in [2.75, 3.05) is 0 Å². The zero-order valence-corrected chi connectivity index (χ0v) is 18.3. The van der Waals surface area contributed by atoms with Crippen molar-refractivity contribution < 1.29 is 31.9 Å². The number of amides is 4. The van der Waals surface area contributed by atoms with E-state index in [4.69, 9.17) is 0 Å². The third-order valence-corrected chi connectivity index (χ3v) is 5.73. The fraction of sp³-hybridized carbons (Fsp3) is 0.160. The fourth-order valence-electron chi connectivity index (χ4n) is 3.84. The maximum Gasteiger partial charge on any atom is 0.416 e. The molecule has 0 bridgehead atoms. The molecule has 3 N–H and O–H groups in total. The van der Waals surface area contributed by atoms with Crippen LogP contribution in [0, 0.1) is 5.82 Å². The van der Waals surface area contributed by atoms with E-state index in [2.05, 4.69) is 16.0 Å². The van der Waals surface area contributed by atoms with Gasteiger partial charge in [0, 0.05) is 6.54 Å². The van der Waals surface area contributed by atoms with Crippen molar-refractivity contribution in [2.24, 2.45) is 0 Å². The number of carbonyl (C=O) groups excluding carboxylic acids is 3. The van der Waals surface area contributed by atoms with Gasteiger partial charge in [-0.05, 0) is 53.4 Å². The van der Waals surface area contributed by atoms with E-state index in [1.54, 1.807) is 31.2 Å². The number of rotatable bonds is 5. The summed E-state index contributed by atoms with van der Waals surface area (Å²) in [4.78, 5) is 36.7. The lowest BCUT2D eigenvalue weighted by Gasteiger charge is -2.21. The number of alkyl halides is 3. The molecule has 4 rings (SSSR count). The van der Waals surface area contributed by atoms with Crippen LogP contribution in [0.25, 0.3) is 11.1 Å². The summed E-state index contributed by atoms with van der Waals surface area (Å²) in [6.45, 7) is 1.52. The summed E-state index contributed by atoms with van der Waals surface area (Å²) < 4.78 is 53.4. The van der Waals surface area contributed by atoms with Crippen molar-refractivity contribution in [2.45, 2.75) is 25.2 Å². The molecule has 0 spiro atoms. The van der Waals surface area contributed by atoms with Crippen molar-refractivity contribution in [1.82, 2.24) is 16.0 Å². The average Bonchev–Trinajstić information content (AvgIpc) is 3.09. The van der Waals surface area contributed by atoms with E-state index < -0.39 is 40.9 Å². The van der Waals surface area contributed by atoms with Crippen molar-refractivity contribution in [3.63, 3.8) is 0 Å². The molecule has 1 atom stereocenters. The number of imide groups is 1. The number of urea groups is 1. The molecule has 1 aliphatic heterocycles. The van der Waals surface area contributed by atoms with Gasteiger partial charge in [0.05, 0.1) is 11.1 Å². The van der Waals surface area contributed by atoms with Gasteiger partial charge in [-0.15, -0.1) is 0 Å². The van der Waals surface area contributed by atoms with Crippen LogP contribution in [0.1, 0.15) is 34.0 Å². The summed E-state index contributed by atoms with van der Waals surface area (Å²) in [7, 11) is 0. The van der Waals surface area contributed by atoms with Gasteiger partial charge in [-0.25, -0.2) is 9.18 Å². The first-order chi connectivity index (χ1) is 16.5. The van der Waals surface area contributed by atoms with E-state index in [0.29, 0.717) is 11.1 Å². The molecule has 0 aromatic heterocycles. The Hall–Kier alpha value is -4.21. The van der Waals surface area contributed by atoms with Crippen molar-refractivity contribution >= 4 is 17.8 Å². The Balaban J connectivity index is 1.58. The Morgan fingerprint density at radius 2 is 1.74 bits per heavy atom. The van der Waals surface area contributed by atoms with Crippen LogP contribution >= 0.6 is 0 Å². The number of nitrogens with one attached hydrogen (secondary N) is 3. The molecule has 3 aromatic rings. The van der Waals surface area contributed by atoms with Crippen molar-refractivity contribution in [3.05, 3.63) is 94.8 Å². The summed E-state index contributed by atoms with van der Waals surface area (Å²) in [6.07, 6.45) is -4.57. The van der Waals surface area contributed by atoms with E-state index in [1.807, 2.05) is 0 Å². The third kappa shape index (κ3) is 4.86. The van der Waals surface area contributed by atoms with Crippen molar-refractivity contribution in [3.8, 4) is 11.1 Å². The molecule has 1 aliphatic rings. The van der Waals surface area contributed by atoms with Crippen LogP contribution in [0.5, 0.6) is 0 Å². The molecule has 0 radical (unpaired) electrons. The Bertz CT molecular complexity index is 1340. The van der Waals surface area contributed by atoms with Gasteiger partial charge < -0.3 is 10.6 Å². The molecule has 3 aromatic carbocycles. The van der Waals surface area contributed by atoms with E-state index in [-0.39, 0.29) is 23.2 Å². The van der Waals surface area contributed by atoms with Crippen LogP contribution < -0.4 is 16.0 Å². The Kier molecular flexibility index (Phi) is 6.06. The minimum Gasteiger partial charge on any atom is -0.348 e. The van der Waals surface area contributed by atoms with Crippen LogP contribution in [0.3, 0.4) is 0 Å². The first kappa shape index (κ1) is 23.9. The maximum atomic E-state index is 14.0. The molecule has 180 valence electrons. The number of carbonyl (C=O) groups is 3. The molecule has 35 heavy (non-hydrogen) atoms. The highest BCUT2D eigenvalue weighted by atomic mass is 19.4. The van der Waals surface area contributed by atoms with Crippen LogP contribution in [-0.2, 0) is 23.1 Å². The Morgan fingerprint density at radius 3 is 2.43 bits per heavy atom. The standard InChI is InChI=1S/C25H19F4N3O3/c1-24(22(34)31-23(35)32-24)16-6-2-4-14(10-16)13-30-21(33)20-12-18(26)8-9-19(20)15-5-3-7-17(11-15)25(27,28)29/h2-12H,13H2,1H3,(H,30,33)(H2,31,32,34,35). The number of hydrogen-bond donors (Lipinski definition) is 3. The quantitative estimate of drug-likeness (QED) is 0.368. The van der Waals surface area contributed by atoms with Gasteiger partial charge >= 0.3 is 12.2 Å². The highest BCUT2D eigenvalue weighted by molar-refractivity contribution is 6.07. The number of halogens is 4. The molecule has 1 fully saturated rings. The SMILES string of the molecule is CC1(c2cccc(CNC(=O)c3cc(F)ccc3-c3cccc(C(F)(F)F)c3)c2)NC(=O)NC1=O. The third-order valence-electron chi connectivity index (χ3n) is 5.73. The fourth-order valence-corrected chi connectivity index (χ4v) is 3.84. The predicted octanol–water partition coefficient (Wildman–Crippen LogP) is 4.50. The largest absolute Gasteiger partial charge is 0.416 e. The van der Waals surface area contributed by atoms with Gasteiger partial charge in [-0.3, -0.25) is 14.9 Å². The van der Waals surface area contributed by atoms with Gasteiger partial charge in [-0.1, -0.05) is 42.5 Å². The molecule has 1 unspecified atom stereocenters. The molecule has 0 aliphatic carbocycles. The molecule has 6 nitrogen and oxygen atoms in total. The van der Waals surface area contributed by atoms with E-state index in [1.165, 1.54) is 18.2 Å². The molecule has 4 amide bonds. The lowest BCUT2D eigenvalue weighted by Crippen LogP contribution is -2.40. The highest BCUT2D eigenvalue weighted by Gasteiger charge is 2.43. The minimum absolute atomic E-state index is 0.0170. The summed E-state index contributed by atoms with van der Waals surface area (Å²) >= 11 is 0. The molecule has 10 heteroatoms. The smallest absolute Gasteiger partial charge is 0.348 e. The van der Waals surface area contributed by atoms with Crippen LogP contribution in [0.4, 0.5) is 22.4 Å². The van der Waals surface area contributed by atoms with Gasteiger partial charge in [0.25, 0.3) is 11.8 Å². The predicted molar refractivity (Wildman–Crippen MR) is 118 cm³/mol.